The summed E-state index contributed by atoms with van der Waals surface area (Å²) in [6.45, 7) is 7.00. The third-order valence-corrected chi connectivity index (χ3v) is 4.85. The predicted octanol–water partition coefficient (Wildman–Crippen LogP) is 3.92. The highest BCUT2D eigenvalue weighted by Crippen LogP contribution is 2.25. The normalized spacial score (nSPS) is 14.1. The van der Waals surface area contributed by atoms with Crippen molar-refractivity contribution in [1.82, 2.24) is 15.1 Å². The number of amides is 2. The molecule has 0 atom stereocenters. The first-order chi connectivity index (χ1) is 11.8. The summed E-state index contributed by atoms with van der Waals surface area (Å²) >= 11 is 0. The lowest BCUT2D eigenvalue weighted by molar-refractivity contribution is 0.251. The Labute approximate surface area is 149 Å². The van der Waals surface area contributed by atoms with Crippen LogP contribution in [0.5, 0.6) is 0 Å². The van der Waals surface area contributed by atoms with Crippen LogP contribution in [-0.4, -0.2) is 15.8 Å². The highest BCUT2D eigenvalue weighted by Gasteiger charge is 2.19. The molecule has 0 fully saturated rings. The van der Waals surface area contributed by atoms with Crippen LogP contribution in [0.2, 0.25) is 0 Å². The molecule has 25 heavy (non-hydrogen) atoms. The number of hydrogen-bond donors (Lipinski definition) is 2. The van der Waals surface area contributed by atoms with Gasteiger partial charge in [-0.1, -0.05) is 32.9 Å². The van der Waals surface area contributed by atoms with Crippen LogP contribution in [0.1, 0.15) is 56.1 Å². The Balaban J connectivity index is 1.63. The minimum absolute atomic E-state index is 0.0575. The highest BCUT2D eigenvalue weighted by atomic mass is 16.2. The van der Waals surface area contributed by atoms with Crippen molar-refractivity contribution >= 4 is 11.7 Å². The van der Waals surface area contributed by atoms with Crippen LogP contribution in [0.25, 0.3) is 0 Å². The number of urea groups is 1. The Morgan fingerprint density at radius 1 is 1.24 bits per heavy atom. The average molecular weight is 340 g/mol. The number of nitrogens with one attached hydrogen (secondary N) is 2. The third-order valence-electron chi connectivity index (χ3n) is 4.85. The van der Waals surface area contributed by atoms with E-state index in [2.05, 4.69) is 42.6 Å². The Morgan fingerprint density at radius 3 is 2.76 bits per heavy atom. The van der Waals surface area contributed by atoms with Gasteiger partial charge in [-0.15, -0.1) is 0 Å². The first-order valence-electron chi connectivity index (χ1n) is 9.03. The topological polar surface area (TPSA) is 59.0 Å². The average Bonchev–Trinajstić information content (AvgIpc) is 2.87. The molecule has 2 N–H and O–H groups in total. The maximum atomic E-state index is 12.3. The van der Waals surface area contributed by atoms with Gasteiger partial charge in [0.05, 0.1) is 17.9 Å². The van der Waals surface area contributed by atoms with Crippen LogP contribution in [0.3, 0.4) is 0 Å². The molecule has 0 radical (unpaired) electrons. The van der Waals surface area contributed by atoms with Crippen LogP contribution in [0.15, 0.2) is 24.3 Å². The third kappa shape index (κ3) is 4.03. The van der Waals surface area contributed by atoms with Crippen molar-refractivity contribution in [3.63, 3.8) is 0 Å². The molecule has 3 rings (SSSR count). The van der Waals surface area contributed by atoms with Gasteiger partial charge in [0.1, 0.15) is 0 Å². The summed E-state index contributed by atoms with van der Waals surface area (Å²) in [4.78, 5) is 12.3. The summed E-state index contributed by atoms with van der Waals surface area (Å²) < 4.78 is 1.91. The van der Waals surface area contributed by atoms with Crippen LogP contribution < -0.4 is 10.6 Å². The summed E-state index contributed by atoms with van der Waals surface area (Å²) in [6.07, 6.45) is 4.53. The van der Waals surface area contributed by atoms with E-state index in [1.54, 1.807) is 0 Å². The van der Waals surface area contributed by atoms with Crippen molar-refractivity contribution in [2.45, 2.75) is 58.4 Å². The number of carbonyl (C=O) groups excluding carboxylic acids is 1. The SMILES string of the molecule is Cn1nc2c(c1CNC(=O)Nc1cccc(C(C)(C)C)c1)CCCC2. The molecule has 1 aromatic heterocycles. The molecule has 1 aliphatic rings. The molecule has 134 valence electrons. The Hall–Kier alpha value is -2.30. The maximum Gasteiger partial charge on any atom is 0.319 e. The summed E-state index contributed by atoms with van der Waals surface area (Å²) in [7, 11) is 1.96. The number of aryl methyl sites for hydroxylation is 2. The number of benzene rings is 1. The molecule has 1 aromatic carbocycles. The molecular weight excluding hydrogens is 312 g/mol. The second kappa shape index (κ2) is 6.90. The van der Waals surface area contributed by atoms with Gasteiger partial charge in [0.15, 0.2) is 0 Å². The van der Waals surface area contributed by atoms with E-state index >= 15 is 0 Å². The predicted molar refractivity (Wildman–Crippen MR) is 101 cm³/mol. The largest absolute Gasteiger partial charge is 0.332 e. The fourth-order valence-electron chi connectivity index (χ4n) is 3.37. The molecule has 2 aromatic rings. The highest BCUT2D eigenvalue weighted by molar-refractivity contribution is 5.89. The van der Waals surface area contributed by atoms with E-state index < -0.39 is 0 Å². The first-order valence-corrected chi connectivity index (χ1v) is 9.03. The molecule has 0 spiro atoms. The lowest BCUT2D eigenvalue weighted by Gasteiger charge is -2.20. The standard InChI is InChI=1S/C20H28N4O/c1-20(2,3)14-8-7-9-15(12-14)22-19(25)21-13-18-16-10-5-6-11-17(16)23-24(18)4/h7-9,12H,5-6,10-11,13H2,1-4H3,(H2,21,22,25). The van der Waals surface area contributed by atoms with E-state index in [1.165, 1.54) is 29.7 Å². The smallest absolute Gasteiger partial charge is 0.319 e. The van der Waals surface area contributed by atoms with Gasteiger partial charge in [-0.25, -0.2) is 4.79 Å². The van der Waals surface area contributed by atoms with E-state index in [0.717, 1.165) is 24.2 Å². The second-order valence-corrected chi connectivity index (χ2v) is 7.84. The molecule has 5 heteroatoms. The van der Waals surface area contributed by atoms with Crippen LogP contribution >= 0.6 is 0 Å². The summed E-state index contributed by atoms with van der Waals surface area (Å²) in [5, 5.41) is 10.5. The van der Waals surface area contributed by atoms with Gasteiger partial charge in [0.25, 0.3) is 0 Å². The zero-order valence-corrected chi connectivity index (χ0v) is 15.6. The van der Waals surface area contributed by atoms with Crippen molar-refractivity contribution in [3.05, 3.63) is 46.8 Å². The van der Waals surface area contributed by atoms with Gasteiger partial charge in [-0.2, -0.15) is 5.10 Å². The lowest BCUT2D eigenvalue weighted by atomic mass is 9.87. The Kier molecular flexibility index (Phi) is 4.84. The zero-order chi connectivity index (χ0) is 18.0. The molecule has 5 nitrogen and oxygen atoms in total. The molecule has 0 unspecified atom stereocenters. The Morgan fingerprint density at radius 2 is 2.00 bits per heavy atom. The van der Waals surface area contributed by atoms with Gasteiger partial charge in [-0.05, 0) is 54.4 Å². The van der Waals surface area contributed by atoms with E-state index in [4.69, 9.17) is 0 Å². The number of carbonyl (C=O) groups is 1. The zero-order valence-electron chi connectivity index (χ0n) is 15.6. The number of aromatic nitrogens is 2. The van der Waals surface area contributed by atoms with Crippen molar-refractivity contribution in [3.8, 4) is 0 Å². The number of rotatable bonds is 3. The quantitative estimate of drug-likeness (QED) is 0.890. The van der Waals surface area contributed by atoms with Crippen LogP contribution in [0.4, 0.5) is 10.5 Å². The Bertz CT molecular complexity index is 770. The van der Waals surface area contributed by atoms with Crippen molar-refractivity contribution < 1.29 is 4.79 Å². The number of anilines is 1. The monoisotopic (exact) mass is 340 g/mol. The molecule has 0 bridgehead atoms. The molecule has 0 aliphatic heterocycles. The molecule has 1 aliphatic carbocycles. The van der Waals surface area contributed by atoms with Crippen LogP contribution in [-0.2, 0) is 31.8 Å². The van der Waals surface area contributed by atoms with Crippen LogP contribution in [0, 0.1) is 0 Å². The number of fused-ring (bicyclic) bond motifs is 1. The van der Waals surface area contributed by atoms with Crippen molar-refractivity contribution in [1.29, 1.82) is 0 Å². The molecule has 0 saturated carbocycles. The minimum atomic E-state index is -0.184. The van der Waals surface area contributed by atoms with E-state index in [0.29, 0.717) is 6.54 Å². The second-order valence-electron chi connectivity index (χ2n) is 7.84. The lowest BCUT2D eigenvalue weighted by Crippen LogP contribution is -2.29. The number of hydrogen-bond acceptors (Lipinski definition) is 2. The van der Waals surface area contributed by atoms with Gasteiger partial charge in [0.2, 0.25) is 0 Å². The summed E-state index contributed by atoms with van der Waals surface area (Å²) in [6, 6.07) is 7.84. The first kappa shape index (κ1) is 17.5. The fourth-order valence-corrected chi connectivity index (χ4v) is 3.37. The van der Waals surface area contributed by atoms with E-state index in [1.807, 2.05) is 29.9 Å². The van der Waals surface area contributed by atoms with Gasteiger partial charge in [0, 0.05) is 12.7 Å². The molecule has 1 heterocycles. The van der Waals surface area contributed by atoms with E-state index in [-0.39, 0.29) is 11.4 Å². The fraction of sp³-hybridized carbons (Fsp3) is 0.500. The van der Waals surface area contributed by atoms with Crippen molar-refractivity contribution in [2.75, 3.05) is 5.32 Å². The number of nitrogens with zero attached hydrogens (tertiary/aromatic N) is 2. The summed E-state index contributed by atoms with van der Waals surface area (Å²) in [5.74, 6) is 0. The van der Waals surface area contributed by atoms with Gasteiger partial charge < -0.3 is 10.6 Å². The maximum absolute atomic E-state index is 12.3. The molecule has 0 saturated heterocycles. The summed E-state index contributed by atoms with van der Waals surface area (Å²) in [5.41, 5.74) is 5.71. The molecular formula is C20H28N4O. The minimum Gasteiger partial charge on any atom is -0.332 e. The molecule has 2 amide bonds. The van der Waals surface area contributed by atoms with Gasteiger partial charge >= 0.3 is 6.03 Å². The van der Waals surface area contributed by atoms with E-state index in [9.17, 15) is 4.79 Å². The van der Waals surface area contributed by atoms with Gasteiger partial charge in [-0.3, -0.25) is 4.68 Å². The van der Waals surface area contributed by atoms with Crippen molar-refractivity contribution in [2.24, 2.45) is 7.05 Å².